The first-order chi connectivity index (χ1) is 9.72. The summed E-state index contributed by atoms with van der Waals surface area (Å²) in [5, 5.41) is 0. The monoisotopic (exact) mass is 347 g/mol. The lowest BCUT2D eigenvalue weighted by molar-refractivity contribution is -0.130. The maximum absolute atomic E-state index is 12.0. The molecule has 2 N–H and O–H groups in total. The molecule has 2 rings (SSSR count). The minimum atomic E-state index is 0. The molecule has 1 aliphatic rings. The Morgan fingerprint density at radius 3 is 2.50 bits per heavy atom. The molecule has 0 unspecified atom stereocenters. The quantitative estimate of drug-likeness (QED) is 0.860. The SMILES string of the molecule is CN(Cc1ccccc1N1CCCC1)C(=O)CCCN.Cl.Cl. The number of hydrogen-bond acceptors (Lipinski definition) is 3. The molecule has 4 nitrogen and oxygen atoms in total. The van der Waals surface area contributed by atoms with Crippen molar-refractivity contribution in [3.63, 3.8) is 0 Å². The van der Waals surface area contributed by atoms with Crippen molar-refractivity contribution in [1.29, 1.82) is 0 Å². The van der Waals surface area contributed by atoms with Crippen LogP contribution in [0, 0.1) is 0 Å². The summed E-state index contributed by atoms with van der Waals surface area (Å²) >= 11 is 0. The van der Waals surface area contributed by atoms with Gasteiger partial charge in [-0.25, -0.2) is 0 Å². The molecule has 22 heavy (non-hydrogen) atoms. The number of carbonyl (C=O) groups is 1. The number of para-hydroxylation sites is 1. The van der Waals surface area contributed by atoms with Gasteiger partial charge in [-0.05, 0) is 37.4 Å². The van der Waals surface area contributed by atoms with Gasteiger partial charge in [0.15, 0.2) is 0 Å². The maximum Gasteiger partial charge on any atom is 0.222 e. The average molecular weight is 348 g/mol. The Bertz CT molecular complexity index is 451. The number of amides is 1. The second-order valence-electron chi connectivity index (χ2n) is 5.46. The Hall–Kier alpha value is -0.970. The summed E-state index contributed by atoms with van der Waals surface area (Å²) in [7, 11) is 1.87. The van der Waals surface area contributed by atoms with E-state index in [1.165, 1.54) is 24.1 Å². The molecular formula is C16H27Cl2N3O. The number of hydrogen-bond donors (Lipinski definition) is 1. The fourth-order valence-corrected chi connectivity index (χ4v) is 2.70. The molecule has 0 spiro atoms. The van der Waals surface area contributed by atoms with Crippen LogP contribution in [-0.4, -0.2) is 37.5 Å². The van der Waals surface area contributed by atoms with E-state index < -0.39 is 0 Å². The van der Waals surface area contributed by atoms with E-state index in [0.717, 1.165) is 19.5 Å². The zero-order chi connectivity index (χ0) is 14.4. The average Bonchev–Trinajstić information content (AvgIpc) is 2.99. The zero-order valence-corrected chi connectivity index (χ0v) is 14.8. The highest BCUT2D eigenvalue weighted by atomic mass is 35.5. The van der Waals surface area contributed by atoms with E-state index in [1.807, 2.05) is 18.0 Å². The summed E-state index contributed by atoms with van der Waals surface area (Å²) < 4.78 is 0. The van der Waals surface area contributed by atoms with E-state index in [4.69, 9.17) is 5.73 Å². The van der Waals surface area contributed by atoms with E-state index in [1.54, 1.807) is 0 Å². The van der Waals surface area contributed by atoms with E-state index >= 15 is 0 Å². The third kappa shape index (κ3) is 5.67. The van der Waals surface area contributed by atoms with Crippen molar-refractivity contribution < 1.29 is 4.79 Å². The molecule has 1 heterocycles. The van der Waals surface area contributed by atoms with Crippen LogP contribution in [0.3, 0.4) is 0 Å². The van der Waals surface area contributed by atoms with Crippen molar-refractivity contribution in [3.05, 3.63) is 29.8 Å². The number of anilines is 1. The number of rotatable bonds is 6. The van der Waals surface area contributed by atoms with Crippen molar-refractivity contribution in [2.24, 2.45) is 5.73 Å². The summed E-state index contributed by atoms with van der Waals surface area (Å²) in [5.74, 6) is 0.173. The molecular weight excluding hydrogens is 321 g/mol. The second kappa shape index (κ2) is 10.7. The van der Waals surface area contributed by atoms with Crippen LogP contribution in [0.1, 0.15) is 31.2 Å². The molecule has 1 fully saturated rings. The topological polar surface area (TPSA) is 49.6 Å². The third-order valence-electron chi connectivity index (χ3n) is 3.87. The highest BCUT2D eigenvalue weighted by molar-refractivity contribution is 5.85. The fourth-order valence-electron chi connectivity index (χ4n) is 2.70. The van der Waals surface area contributed by atoms with Gasteiger partial charge in [0.25, 0.3) is 0 Å². The molecule has 0 radical (unpaired) electrons. The molecule has 1 aromatic carbocycles. The summed E-state index contributed by atoms with van der Waals surface area (Å²) in [6.45, 7) is 3.50. The minimum Gasteiger partial charge on any atom is -0.371 e. The van der Waals surface area contributed by atoms with Crippen LogP contribution in [0.15, 0.2) is 24.3 Å². The van der Waals surface area contributed by atoms with E-state index in [2.05, 4.69) is 23.1 Å². The van der Waals surface area contributed by atoms with Crippen molar-refractivity contribution in [2.45, 2.75) is 32.2 Å². The number of benzene rings is 1. The standard InChI is InChI=1S/C16H25N3O.2ClH/c1-18(16(20)9-6-10-17)13-14-7-2-3-8-15(14)19-11-4-5-12-19;;/h2-3,7-8H,4-6,9-13,17H2,1H3;2*1H. The molecule has 126 valence electrons. The van der Waals surface area contributed by atoms with Crippen LogP contribution < -0.4 is 10.6 Å². The summed E-state index contributed by atoms with van der Waals surface area (Å²) in [4.78, 5) is 16.2. The largest absolute Gasteiger partial charge is 0.371 e. The Morgan fingerprint density at radius 1 is 1.23 bits per heavy atom. The van der Waals surface area contributed by atoms with Gasteiger partial charge in [0.2, 0.25) is 5.91 Å². The maximum atomic E-state index is 12.0. The van der Waals surface area contributed by atoms with Crippen LogP contribution in [0.4, 0.5) is 5.69 Å². The molecule has 0 aromatic heterocycles. The number of carbonyl (C=O) groups excluding carboxylic acids is 1. The van der Waals surface area contributed by atoms with E-state index in [9.17, 15) is 4.79 Å². The van der Waals surface area contributed by atoms with Gasteiger partial charge in [0, 0.05) is 38.8 Å². The second-order valence-corrected chi connectivity index (χ2v) is 5.46. The van der Waals surface area contributed by atoms with Crippen molar-refractivity contribution in [3.8, 4) is 0 Å². The lowest BCUT2D eigenvalue weighted by atomic mass is 10.1. The van der Waals surface area contributed by atoms with Crippen LogP contribution in [-0.2, 0) is 11.3 Å². The Balaban J connectivity index is 0.00000220. The predicted octanol–water partition coefficient (Wildman–Crippen LogP) is 2.83. The molecule has 0 aliphatic carbocycles. The number of nitrogens with zero attached hydrogens (tertiary/aromatic N) is 2. The highest BCUT2D eigenvalue weighted by Gasteiger charge is 2.17. The van der Waals surface area contributed by atoms with Crippen molar-refractivity contribution in [2.75, 3.05) is 31.6 Å². The van der Waals surface area contributed by atoms with Gasteiger partial charge in [-0.15, -0.1) is 24.8 Å². The molecule has 1 saturated heterocycles. The van der Waals surface area contributed by atoms with Crippen LogP contribution in [0.2, 0.25) is 0 Å². The molecule has 1 amide bonds. The summed E-state index contributed by atoms with van der Waals surface area (Å²) in [6, 6.07) is 8.42. The first-order valence-corrected chi connectivity index (χ1v) is 7.49. The lowest BCUT2D eigenvalue weighted by Crippen LogP contribution is -2.28. The van der Waals surface area contributed by atoms with Crippen molar-refractivity contribution >= 4 is 36.4 Å². The van der Waals surface area contributed by atoms with Gasteiger partial charge >= 0.3 is 0 Å². The first-order valence-electron chi connectivity index (χ1n) is 7.49. The van der Waals surface area contributed by atoms with Crippen molar-refractivity contribution in [1.82, 2.24) is 4.90 Å². The highest BCUT2D eigenvalue weighted by Crippen LogP contribution is 2.25. The molecule has 6 heteroatoms. The molecule has 1 aliphatic heterocycles. The van der Waals surface area contributed by atoms with E-state index in [0.29, 0.717) is 19.5 Å². The van der Waals surface area contributed by atoms with Crippen LogP contribution in [0.25, 0.3) is 0 Å². The molecule has 1 aromatic rings. The van der Waals surface area contributed by atoms with Gasteiger partial charge in [-0.3, -0.25) is 4.79 Å². The molecule has 0 atom stereocenters. The fraction of sp³-hybridized carbons (Fsp3) is 0.562. The predicted molar refractivity (Wildman–Crippen MR) is 97.1 cm³/mol. The summed E-state index contributed by atoms with van der Waals surface area (Å²) in [6.07, 6.45) is 3.83. The number of nitrogens with two attached hydrogens (primary N) is 1. The summed E-state index contributed by atoms with van der Waals surface area (Å²) in [5.41, 5.74) is 7.97. The van der Waals surface area contributed by atoms with Crippen LogP contribution in [0.5, 0.6) is 0 Å². The van der Waals surface area contributed by atoms with Gasteiger partial charge in [-0.1, -0.05) is 18.2 Å². The van der Waals surface area contributed by atoms with Gasteiger partial charge in [0.05, 0.1) is 0 Å². The van der Waals surface area contributed by atoms with Gasteiger partial charge in [-0.2, -0.15) is 0 Å². The van der Waals surface area contributed by atoms with Crippen LogP contribution >= 0.6 is 24.8 Å². The van der Waals surface area contributed by atoms with E-state index in [-0.39, 0.29) is 30.7 Å². The minimum absolute atomic E-state index is 0. The lowest BCUT2D eigenvalue weighted by Gasteiger charge is -2.24. The number of halogens is 2. The van der Waals surface area contributed by atoms with Gasteiger partial charge < -0.3 is 15.5 Å². The third-order valence-corrected chi connectivity index (χ3v) is 3.87. The normalized spacial score (nSPS) is 13.3. The molecule has 0 saturated carbocycles. The van der Waals surface area contributed by atoms with Gasteiger partial charge in [0.1, 0.15) is 0 Å². The zero-order valence-electron chi connectivity index (χ0n) is 13.2. The Morgan fingerprint density at radius 2 is 1.86 bits per heavy atom. The Labute approximate surface area is 145 Å². The smallest absolute Gasteiger partial charge is 0.222 e. The molecule has 0 bridgehead atoms. The Kier molecular flexibility index (Phi) is 10.2. The first kappa shape index (κ1) is 21.0.